The van der Waals surface area contributed by atoms with Gasteiger partial charge >= 0.3 is 18.5 Å². The molecule has 0 spiro atoms. The zero-order valence-electron chi connectivity index (χ0n) is 40.1. The largest absolute Gasteiger partial charge is 0.394 e. The van der Waals surface area contributed by atoms with Crippen LogP contribution in [0.3, 0.4) is 0 Å². The summed E-state index contributed by atoms with van der Waals surface area (Å²) < 4.78 is 112. The summed E-state index contributed by atoms with van der Waals surface area (Å²) in [5.74, 6) is 2.37. The Kier molecular flexibility index (Phi) is 29.4. The zero-order valence-corrected chi connectivity index (χ0v) is 40.1. The molecule has 3 saturated carbocycles. The maximum absolute atomic E-state index is 12.1. The van der Waals surface area contributed by atoms with Gasteiger partial charge in [-0.2, -0.15) is 39.5 Å². The van der Waals surface area contributed by atoms with Crippen molar-refractivity contribution in [3.05, 3.63) is 0 Å². The van der Waals surface area contributed by atoms with E-state index in [0.717, 1.165) is 41.6 Å². The maximum atomic E-state index is 12.1. The van der Waals surface area contributed by atoms with Crippen LogP contribution in [-0.2, 0) is 4.74 Å². The normalized spacial score (nSPS) is 17.9. The predicted molar refractivity (Wildman–Crippen MR) is 223 cm³/mol. The van der Waals surface area contributed by atoms with Crippen molar-refractivity contribution in [1.29, 1.82) is 0 Å². The highest BCUT2D eigenvalue weighted by Crippen LogP contribution is 2.51. The molecule has 0 aromatic carbocycles. The molecule has 0 aliphatic heterocycles. The van der Waals surface area contributed by atoms with Crippen LogP contribution in [0.1, 0.15) is 184 Å². The fourth-order valence-corrected chi connectivity index (χ4v) is 3.92. The molecular formula is C46H91F9O. The Balaban J connectivity index is -0.000000283. The van der Waals surface area contributed by atoms with Crippen molar-refractivity contribution in [3.8, 4) is 0 Å². The van der Waals surface area contributed by atoms with Gasteiger partial charge in [-0.15, -0.1) is 0 Å². The smallest absolute Gasteiger partial charge is 0.384 e. The number of methoxy groups -OCH3 is 1. The van der Waals surface area contributed by atoms with Crippen LogP contribution in [0.4, 0.5) is 39.5 Å². The van der Waals surface area contributed by atoms with Gasteiger partial charge in [0.05, 0.1) is 23.9 Å². The van der Waals surface area contributed by atoms with Crippen molar-refractivity contribution in [2.75, 3.05) is 13.7 Å². The van der Waals surface area contributed by atoms with E-state index in [1.165, 1.54) is 66.2 Å². The molecule has 0 aromatic rings. The van der Waals surface area contributed by atoms with Gasteiger partial charge in [-0.25, -0.2) is 0 Å². The van der Waals surface area contributed by atoms with Crippen LogP contribution in [0, 0.1) is 81.3 Å². The van der Waals surface area contributed by atoms with E-state index in [9.17, 15) is 39.5 Å². The van der Waals surface area contributed by atoms with E-state index >= 15 is 0 Å². The molecule has 56 heavy (non-hydrogen) atoms. The molecule has 3 rings (SSSR count). The third kappa shape index (κ3) is 30.4. The summed E-state index contributed by atoms with van der Waals surface area (Å²) in [5, 5.41) is 0. The third-order valence-corrected chi connectivity index (χ3v) is 12.8. The Morgan fingerprint density at radius 1 is 0.518 bits per heavy atom. The van der Waals surface area contributed by atoms with E-state index < -0.39 is 35.8 Å². The molecule has 0 aromatic heterocycles. The summed E-state index contributed by atoms with van der Waals surface area (Å²) >= 11 is 0. The van der Waals surface area contributed by atoms with Crippen LogP contribution in [0.25, 0.3) is 0 Å². The van der Waals surface area contributed by atoms with Crippen molar-refractivity contribution >= 4 is 0 Å². The highest BCUT2D eigenvalue weighted by molar-refractivity contribution is 4.90. The van der Waals surface area contributed by atoms with Gasteiger partial charge in [0.15, 0.2) is 0 Å². The first-order chi connectivity index (χ1) is 24.7. The standard InChI is InChI=1S/C8H18O.C7H13F3.C7H14.2C6H11F3.2C6H12/c1-7(2)8(3,4)6-9-5;1-5(2)6(3,4)7(8,9)10;1-6(2)7(3)4-5-7;2*1-4(2)5(3)6(7,8)9;2*1-5(2)6-3-4-6/h7H,6H2,1-5H3;5H,1-4H3;6H,4-5H2,1-3H3;2*4-5H,1-3H3;2*5-6H,3-4H2,1-2H3/t;;;2*5-;;/m...10../s1. The van der Waals surface area contributed by atoms with E-state index in [0.29, 0.717) is 11.3 Å². The van der Waals surface area contributed by atoms with Crippen LogP contribution in [0.2, 0.25) is 0 Å². The van der Waals surface area contributed by atoms with E-state index in [1.807, 2.05) is 0 Å². The summed E-state index contributed by atoms with van der Waals surface area (Å²) in [7, 11) is 1.75. The number of ether oxygens (including phenoxy) is 1. The van der Waals surface area contributed by atoms with Crippen LogP contribution in [0.15, 0.2) is 0 Å². The third-order valence-electron chi connectivity index (χ3n) is 12.8. The van der Waals surface area contributed by atoms with Crippen LogP contribution >= 0.6 is 0 Å². The van der Waals surface area contributed by atoms with Crippen molar-refractivity contribution in [2.24, 2.45) is 81.3 Å². The lowest BCUT2D eigenvalue weighted by Crippen LogP contribution is -2.36. The lowest BCUT2D eigenvalue weighted by atomic mass is 9.81. The summed E-state index contributed by atoms with van der Waals surface area (Å²) in [6.45, 7) is 40.2. The molecule has 0 amide bonds. The van der Waals surface area contributed by atoms with Gasteiger partial charge in [0, 0.05) is 7.11 Å². The number of rotatable bonds is 9. The second kappa shape index (κ2) is 26.5. The minimum Gasteiger partial charge on any atom is -0.384 e. The van der Waals surface area contributed by atoms with Gasteiger partial charge in [0.1, 0.15) is 0 Å². The number of hydrogen-bond acceptors (Lipinski definition) is 1. The Bertz CT molecular complexity index is 903. The molecule has 0 saturated heterocycles. The van der Waals surface area contributed by atoms with E-state index in [2.05, 4.69) is 76.2 Å². The fourth-order valence-electron chi connectivity index (χ4n) is 3.92. The summed E-state index contributed by atoms with van der Waals surface area (Å²) in [6, 6.07) is 0. The lowest BCUT2D eigenvalue weighted by Gasteiger charge is -2.31. The molecule has 3 fully saturated rings. The summed E-state index contributed by atoms with van der Waals surface area (Å²) in [4.78, 5) is 0. The van der Waals surface area contributed by atoms with E-state index in [1.54, 1.807) is 48.7 Å². The minimum atomic E-state index is -4.08. The summed E-state index contributed by atoms with van der Waals surface area (Å²) in [6.07, 6.45) is -3.20. The molecule has 0 heterocycles. The molecule has 344 valence electrons. The predicted octanol–water partition coefficient (Wildman–Crippen LogP) is 17.8. The number of halogens is 9. The van der Waals surface area contributed by atoms with Crippen molar-refractivity contribution < 1.29 is 44.3 Å². The number of alkyl halides is 9. The van der Waals surface area contributed by atoms with Gasteiger partial charge in [-0.3, -0.25) is 0 Å². The molecule has 0 bridgehead atoms. The zero-order chi connectivity index (χ0) is 46.0. The van der Waals surface area contributed by atoms with Crippen LogP contribution < -0.4 is 0 Å². The van der Waals surface area contributed by atoms with Gasteiger partial charge in [0.25, 0.3) is 0 Å². The molecule has 0 radical (unpaired) electrons. The van der Waals surface area contributed by atoms with Crippen LogP contribution in [0.5, 0.6) is 0 Å². The van der Waals surface area contributed by atoms with E-state index in [4.69, 9.17) is 4.74 Å². The summed E-state index contributed by atoms with van der Waals surface area (Å²) in [5.41, 5.74) is -0.484. The minimum absolute atomic E-state index is 0.315. The van der Waals surface area contributed by atoms with Gasteiger partial charge in [-0.1, -0.05) is 145 Å². The second-order valence-corrected chi connectivity index (χ2v) is 20.6. The fraction of sp³-hybridized carbons (Fsp3) is 1.00. The Morgan fingerprint density at radius 2 is 0.804 bits per heavy atom. The highest BCUT2D eigenvalue weighted by atomic mass is 19.4. The lowest BCUT2D eigenvalue weighted by molar-refractivity contribution is -0.225. The quantitative estimate of drug-likeness (QED) is 0.210. The van der Waals surface area contributed by atoms with Crippen molar-refractivity contribution in [1.82, 2.24) is 0 Å². The number of hydrogen-bond donors (Lipinski definition) is 0. The highest BCUT2D eigenvalue weighted by Gasteiger charge is 2.49. The first-order valence-electron chi connectivity index (χ1n) is 21.4. The van der Waals surface area contributed by atoms with Gasteiger partial charge in [-0.05, 0) is 103 Å². The monoisotopic (exact) mass is 831 g/mol. The molecule has 3 aliphatic rings. The van der Waals surface area contributed by atoms with Crippen LogP contribution in [-0.4, -0.2) is 32.2 Å². The molecule has 3 aliphatic carbocycles. The Morgan fingerprint density at radius 3 is 0.821 bits per heavy atom. The van der Waals surface area contributed by atoms with Gasteiger partial charge in [0.2, 0.25) is 0 Å². The molecular weight excluding hydrogens is 739 g/mol. The SMILES string of the molecule is CC(C)C(C)(C)C(F)(F)F.CC(C)C1(C)CC1.CC(C)C1CC1.CC(C)C1CC1.CC(C)[C@@H](C)C(F)(F)F.CC(C)[C@H](C)C(F)(F)F.COCC(C)(C)C(C)C. The molecule has 2 atom stereocenters. The first kappa shape index (κ1) is 62.0. The van der Waals surface area contributed by atoms with Gasteiger partial charge < -0.3 is 4.74 Å². The van der Waals surface area contributed by atoms with Crippen molar-refractivity contribution in [2.45, 2.75) is 202 Å². The topological polar surface area (TPSA) is 9.23 Å². The first-order valence-corrected chi connectivity index (χ1v) is 21.4. The maximum Gasteiger partial charge on any atom is 0.394 e. The molecule has 10 heteroatoms. The van der Waals surface area contributed by atoms with E-state index in [-0.39, 0.29) is 17.8 Å². The van der Waals surface area contributed by atoms with Crippen molar-refractivity contribution in [3.63, 3.8) is 0 Å². The molecule has 0 N–H and O–H groups in total. The molecule has 0 unspecified atom stereocenters. The Hall–Kier alpha value is -0.670. The average molecular weight is 831 g/mol. The average Bonchev–Trinajstić information content (AvgIpc) is 3.85. The molecule has 1 nitrogen and oxygen atoms in total. The second-order valence-electron chi connectivity index (χ2n) is 20.6. The Labute approximate surface area is 341 Å².